The maximum Gasteiger partial charge on any atom is 0.282 e. The number of amides is 1. The Morgan fingerprint density at radius 2 is 1.68 bits per heavy atom. The van der Waals surface area contributed by atoms with Crippen LogP contribution in [0.15, 0.2) is 30.3 Å². The van der Waals surface area contributed by atoms with Crippen molar-refractivity contribution >= 4 is 16.1 Å². The third-order valence-corrected chi connectivity index (χ3v) is 8.56. The fourth-order valence-electron chi connectivity index (χ4n) is 4.70. The minimum absolute atomic E-state index is 0.00314. The highest BCUT2D eigenvalue weighted by molar-refractivity contribution is 7.86. The van der Waals surface area contributed by atoms with E-state index in [1.807, 2.05) is 6.07 Å². The second kappa shape index (κ2) is 10.4. The second-order valence-electron chi connectivity index (χ2n) is 8.76. The monoisotopic (exact) mass is 450 g/mol. The first kappa shape index (κ1) is 22.7. The van der Waals surface area contributed by atoms with Gasteiger partial charge in [0.15, 0.2) is 0 Å². The van der Waals surface area contributed by atoms with Crippen LogP contribution in [0, 0.1) is 5.92 Å². The van der Waals surface area contributed by atoms with E-state index in [0.717, 1.165) is 45.3 Å². The standard InChI is InChI=1S/C22H34N4O4S/c27-22(23-21-8-11-24(12-9-21)17-19-5-2-1-3-6-19)20-7-4-10-26(18-20)31(28,29)25-13-15-30-16-14-25/h1-3,5-6,20-21H,4,7-18H2,(H,23,27)/t20-/m0/s1. The van der Waals surface area contributed by atoms with Crippen molar-refractivity contribution in [1.82, 2.24) is 18.8 Å². The first-order valence-electron chi connectivity index (χ1n) is 11.4. The Morgan fingerprint density at radius 3 is 2.39 bits per heavy atom. The molecule has 3 aliphatic heterocycles. The van der Waals surface area contributed by atoms with Gasteiger partial charge in [0.1, 0.15) is 0 Å². The third-order valence-electron chi connectivity index (χ3n) is 6.56. The number of nitrogens with zero attached hydrogens (tertiary/aromatic N) is 3. The molecular weight excluding hydrogens is 416 g/mol. The lowest BCUT2D eigenvalue weighted by molar-refractivity contribution is -0.127. The number of carbonyl (C=O) groups excluding carboxylic acids is 1. The van der Waals surface area contributed by atoms with E-state index in [9.17, 15) is 13.2 Å². The summed E-state index contributed by atoms with van der Waals surface area (Å²) < 4.78 is 34.1. The number of carbonyl (C=O) groups is 1. The Kier molecular flexibility index (Phi) is 7.60. The smallest absolute Gasteiger partial charge is 0.282 e. The van der Waals surface area contributed by atoms with Crippen LogP contribution in [0.2, 0.25) is 0 Å². The summed E-state index contributed by atoms with van der Waals surface area (Å²) >= 11 is 0. The summed E-state index contributed by atoms with van der Waals surface area (Å²) in [5.41, 5.74) is 1.31. The first-order chi connectivity index (χ1) is 15.0. The molecule has 3 saturated heterocycles. The zero-order valence-corrected chi connectivity index (χ0v) is 18.9. The van der Waals surface area contributed by atoms with Crippen molar-refractivity contribution < 1.29 is 17.9 Å². The Labute approximate surface area is 185 Å². The number of likely N-dealkylation sites (tertiary alicyclic amines) is 1. The molecule has 3 aliphatic rings. The number of nitrogens with one attached hydrogen (secondary N) is 1. The van der Waals surface area contributed by atoms with Gasteiger partial charge >= 0.3 is 0 Å². The first-order valence-corrected chi connectivity index (χ1v) is 12.8. The molecule has 1 atom stereocenters. The highest BCUT2D eigenvalue weighted by atomic mass is 32.2. The van der Waals surface area contributed by atoms with E-state index < -0.39 is 10.2 Å². The van der Waals surface area contributed by atoms with E-state index in [4.69, 9.17) is 4.74 Å². The van der Waals surface area contributed by atoms with Crippen LogP contribution in [0.25, 0.3) is 0 Å². The summed E-state index contributed by atoms with van der Waals surface area (Å²) in [4.78, 5) is 15.3. The Bertz CT molecular complexity index is 821. The highest BCUT2D eigenvalue weighted by Crippen LogP contribution is 2.23. The maximum absolute atomic E-state index is 12.9. The second-order valence-corrected chi connectivity index (χ2v) is 10.7. The van der Waals surface area contributed by atoms with Gasteiger partial charge in [-0.05, 0) is 31.2 Å². The van der Waals surface area contributed by atoms with E-state index in [1.54, 1.807) is 0 Å². The quantitative estimate of drug-likeness (QED) is 0.701. The Balaban J connectivity index is 1.25. The molecule has 4 rings (SSSR count). The van der Waals surface area contributed by atoms with Crippen molar-refractivity contribution in [2.24, 2.45) is 5.92 Å². The molecule has 1 aromatic rings. The fraction of sp³-hybridized carbons (Fsp3) is 0.682. The average Bonchev–Trinajstić information content (AvgIpc) is 2.82. The van der Waals surface area contributed by atoms with Gasteiger partial charge < -0.3 is 10.1 Å². The minimum Gasteiger partial charge on any atom is -0.379 e. The van der Waals surface area contributed by atoms with Crippen LogP contribution in [-0.2, 0) is 26.3 Å². The van der Waals surface area contributed by atoms with Gasteiger partial charge in [0.05, 0.1) is 19.1 Å². The number of morpholine rings is 1. The van der Waals surface area contributed by atoms with Crippen LogP contribution < -0.4 is 5.32 Å². The number of ether oxygens (including phenoxy) is 1. The molecule has 1 aromatic carbocycles. The average molecular weight is 451 g/mol. The van der Waals surface area contributed by atoms with Gasteiger partial charge in [-0.1, -0.05) is 30.3 Å². The molecule has 3 heterocycles. The van der Waals surface area contributed by atoms with Crippen LogP contribution in [0.4, 0.5) is 0 Å². The largest absolute Gasteiger partial charge is 0.379 e. The summed E-state index contributed by atoms with van der Waals surface area (Å²) in [6.45, 7) is 5.26. The van der Waals surface area contributed by atoms with E-state index in [0.29, 0.717) is 32.8 Å². The van der Waals surface area contributed by atoms with Gasteiger partial charge in [-0.25, -0.2) is 0 Å². The molecule has 0 spiro atoms. The molecule has 8 nitrogen and oxygen atoms in total. The maximum atomic E-state index is 12.9. The molecule has 0 saturated carbocycles. The van der Waals surface area contributed by atoms with Crippen LogP contribution in [0.3, 0.4) is 0 Å². The predicted octanol–water partition coefficient (Wildman–Crippen LogP) is 1.06. The van der Waals surface area contributed by atoms with Crippen LogP contribution in [-0.4, -0.2) is 86.4 Å². The number of hydrogen-bond donors (Lipinski definition) is 1. The van der Waals surface area contributed by atoms with Crippen LogP contribution in [0.5, 0.6) is 0 Å². The normalized spacial score (nSPS) is 25.4. The van der Waals surface area contributed by atoms with Crippen molar-refractivity contribution in [3.05, 3.63) is 35.9 Å². The molecule has 0 aliphatic carbocycles. The molecule has 0 aromatic heterocycles. The lowest BCUT2D eigenvalue weighted by Crippen LogP contribution is -2.54. The summed E-state index contributed by atoms with van der Waals surface area (Å²) in [6.07, 6.45) is 3.33. The number of hydrogen-bond acceptors (Lipinski definition) is 5. The zero-order valence-electron chi connectivity index (χ0n) is 18.1. The Hall–Kier alpha value is -1.52. The van der Waals surface area contributed by atoms with Crippen molar-refractivity contribution in [3.8, 4) is 0 Å². The number of piperidine rings is 2. The fourth-order valence-corrected chi connectivity index (χ4v) is 6.37. The molecule has 1 N–H and O–H groups in total. The molecule has 3 fully saturated rings. The van der Waals surface area contributed by atoms with Gasteiger partial charge in [0.25, 0.3) is 10.2 Å². The predicted molar refractivity (Wildman–Crippen MR) is 118 cm³/mol. The minimum atomic E-state index is -3.52. The van der Waals surface area contributed by atoms with Crippen molar-refractivity contribution in [3.63, 3.8) is 0 Å². The molecule has 0 bridgehead atoms. The lowest BCUT2D eigenvalue weighted by atomic mass is 9.97. The van der Waals surface area contributed by atoms with Crippen LogP contribution >= 0.6 is 0 Å². The van der Waals surface area contributed by atoms with Gasteiger partial charge in [0.2, 0.25) is 5.91 Å². The van der Waals surface area contributed by atoms with Gasteiger partial charge in [0, 0.05) is 51.9 Å². The molecule has 0 unspecified atom stereocenters. The molecule has 0 radical (unpaired) electrons. The molecule has 31 heavy (non-hydrogen) atoms. The summed E-state index contributed by atoms with van der Waals surface area (Å²) in [5, 5.41) is 3.20. The molecular formula is C22H34N4O4S. The lowest BCUT2D eigenvalue weighted by Gasteiger charge is -2.37. The van der Waals surface area contributed by atoms with Gasteiger partial charge in [-0.3, -0.25) is 9.69 Å². The van der Waals surface area contributed by atoms with Crippen molar-refractivity contribution in [2.45, 2.75) is 38.3 Å². The van der Waals surface area contributed by atoms with Gasteiger partial charge in [-0.2, -0.15) is 17.0 Å². The summed E-state index contributed by atoms with van der Waals surface area (Å²) in [5.74, 6) is -0.268. The third kappa shape index (κ3) is 5.84. The van der Waals surface area contributed by atoms with E-state index in [-0.39, 0.29) is 24.4 Å². The highest BCUT2D eigenvalue weighted by Gasteiger charge is 2.37. The zero-order chi connectivity index (χ0) is 21.7. The summed E-state index contributed by atoms with van der Waals surface area (Å²) in [6, 6.07) is 10.6. The van der Waals surface area contributed by atoms with Crippen LogP contribution in [0.1, 0.15) is 31.2 Å². The Morgan fingerprint density at radius 1 is 0.968 bits per heavy atom. The molecule has 9 heteroatoms. The van der Waals surface area contributed by atoms with E-state index >= 15 is 0 Å². The number of rotatable bonds is 6. The topological polar surface area (TPSA) is 82.2 Å². The van der Waals surface area contributed by atoms with E-state index in [1.165, 1.54) is 14.2 Å². The molecule has 1 amide bonds. The molecule has 172 valence electrons. The van der Waals surface area contributed by atoms with Crippen molar-refractivity contribution in [2.75, 3.05) is 52.5 Å². The summed E-state index contributed by atoms with van der Waals surface area (Å²) in [7, 11) is -3.52. The van der Waals surface area contributed by atoms with E-state index in [2.05, 4.69) is 34.5 Å². The van der Waals surface area contributed by atoms with Gasteiger partial charge in [-0.15, -0.1) is 0 Å². The van der Waals surface area contributed by atoms with Crippen molar-refractivity contribution in [1.29, 1.82) is 0 Å². The number of benzene rings is 1. The SMILES string of the molecule is O=C(NC1CCN(Cc2ccccc2)CC1)[C@H]1CCCN(S(=O)(=O)N2CCOCC2)C1.